The van der Waals surface area contributed by atoms with Gasteiger partial charge < -0.3 is 0 Å². The first-order valence-corrected chi connectivity index (χ1v) is 5.74. The molecule has 0 N–H and O–H groups in total. The Bertz CT molecular complexity index is 99.7. The molecule has 56 valence electrons. The number of rotatable bonds is 0. The molecule has 0 unspecified atom stereocenters. The molecule has 0 aromatic rings. The molecule has 0 bridgehead atoms. The van der Waals surface area contributed by atoms with Crippen molar-refractivity contribution in [2.45, 2.75) is 47.4 Å². The van der Waals surface area contributed by atoms with Gasteiger partial charge in [-0.15, -0.1) is 0 Å². The monoisotopic (exact) mass is 239 g/mol. The summed E-state index contributed by atoms with van der Waals surface area (Å²) in [5.74, 6) is 0. The fourth-order valence-electron chi connectivity index (χ4n) is 1.38. The van der Waals surface area contributed by atoms with Crippen LogP contribution in [0, 0.1) is 0 Å². The molecule has 1 rings (SSSR count). The van der Waals surface area contributed by atoms with Crippen LogP contribution in [0.25, 0.3) is 0 Å². The Morgan fingerprint density at radius 2 is 1.22 bits per heavy atom. The second-order valence-electron chi connectivity index (χ2n) is 4.03. The van der Waals surface area contributed by atoms with Crippen molar-refractivity contribution in [1.82, 2.24) is 0 Å². The Hall–Kier alpha value is 0.730. The van der Waals surface area contributed by atoms with Crippen molar-refractivity contribution in [3.05, 3.63) is 0 Å². The number of hydrogen-bond acceptors (Lipinski definition) is 0. The molecule has 1 saturated heterocycles. The summed E-state index contributed by atoms with van der Waals surface area (Å²) in [5, 5.41) is 0. The summed E-state index contributed by atoms with van der Waals surface area (Å²) in [5.41, 5.74) is 0. The summed E-state index contributed by atoms with van der Waals surface area (Å²) in [6.45, 7) is 9.70. The SMILES string of the molecule is CC1(C)CCC(C)(C)[I-]1. The van der Waals surface area contributed by atoms with Gasteiger partial charge in [0.15, 0.2) is 0 Å². The van der Waals surface area contributed by atoms with Crippen LogP contribution in [0.4, 0.5) is 0 Å². The van der Waals surface area contributed by atoms with E-state index in [-0.39, 0.29) is 0 Å². The van der Waals surface area contributed by atoms with Crippen LogP contribution < -0.4 is 21.2 Å². The van der Waals surface area contributed by atoms with E-state index in [0.717, 1.165) is 6.84 Å². The van der Waals surface area contributed by atoms with Crippen LogP contribution in [0.2, 0.25) is 0 Å². The van der Waals surface area contributed by atoms with E-state index < -0.39 is 0 Å². The van der Waals surface area contributed by atoms with E-state index in [1.165, 1.54) is 12.8 Å². The molecule has 9 heavy (non-hydrogen) atoms. The fraction of sp³-hybridized carbons (Fsp3) is 1.00. The molecule has 0 amide bonds. The zero-order valence-corrected chi connectivity index (χ0v) is 8.95. The third-order valence-electron chi connectivity index (χ3n) is 1.83. The Labute approximate surface area is 68.7 Å². The van der Waals surface area contributed by atoms with Crippen molar-refractivity contribution < 1.29 is 21.2 Å². The predicted octanol–water partition coefficient (Wildman–Crippen LogP) is -0.574. The van der Waals surface area contributed by atoms with Gasteiger partial charge in [-0.05, 0) is 0 Å². The van der Waals surface area contributed by atoms with Gasteiger partial charge in [0.05, 0.1) is 0 Å². The Morgan fingerprint density at radius 3 is 1.33 bits per heavy atom. The molecule has 0 aromatic carbocycles. The third kappa shape index (κ3) is 2.10. The molecule has 0 spiro atoms. The van der Waals surface area contributed by atoms with Gasteiger partial charge in [-0.2, -0.15) is 0 Å². The maximum absolute atomic E-state index is 2.43. The van der Waals surface area contributed by atoms with Gasteiger partial charge in [0.1, 0.15) is 0 Å². The van der Waals surface area contributed by atoms with Crippen LogP contribution in [-0.2, 0) is 0 Å². The average molecular weight is 239 g/mol. The van der Waals surface area contributed by atoms with E-state index in [9.17, 15) is 0 Å². The number of alkyl halides is 2. The van der Waals surface area contributed by atoms with Gasteiger partial charge in [0, 0.05) is 0 Å². The van der Waals surface area contributed by atoms with Crippen molar-refractivity contribution in [2.24, 2.45) is 0 Å². The number of hydrogen-bond donors (Lipinski definition) is 0. The minimum absolute atomic E-state index is 0.449. The molecular weight excluding hydrogens is 223 g/mol. The summed E-state index contributed by atoms with van der Waals surface area (Å²) in [4.78, 5) is 0. The first-order valence-electron chi connectivity index (χ1n) is 3.59. The van der Waals surface area contributed by atoms with Crippen LogP contribution in [0.1, 0.15) is 40.5 Å². The van der Waals surface area contributed by atoms with Crippen molar-refractivity contribution in [3.63, 3.8) is 0 Å². The minimum atomic E-state index is 0.449. The summed E-state index contributed by atoms with van der Waals surface area (Å²) in [6, 6.07) is 0. The molecule has 1 aliphatic heterocycles. The van der Waals surface area contributed by atoms with Crippen LogP contribution in [0.15, 0.2) is 0 Å². The van der Waals surface area contributed by atoms with Crippen LogP contribution in [0.3, 0.4) is 0 Å². The molecule has 0 radical (unpaired) electrons. The van der Waals surface area contributed by atoms with Gasteiger partial charge in [-0.1, -0.05) is 0 Å². The summed E-state index contributed by atoms with van der Waals surface area (Å²) >= 11 is 0.449. The third-order valence-corrected chi connectivity index (χ3v) is 5.82. The molecular formula is C8H16I-. The molecule has 0 saturated carbocycles. The van der Waals surface area contributed by atoms with E-state index >= 15 is 0 Å². The van der Waals surface area contributed by atoms with Gasteiger partial charge in [-0.25, -0.2) is 0 Å². The van der Waals surface area contributed by atoms with Gasteiger partial charge >= 0.3 is 68.6 Å². The second kappa shape index (κ2) is 2.11. The second-order valence-corrected chi connectivity index (χ2v) is 10.4. The van der Waals surface area contributed by atoms with Crippen molar-refractivity contribution in [1.29, 1.82) is 0 Å². The summed E-state index contributed by atoms with van der Waals surface area (Å²) < 4.78 is 1.48. The van der Waals surface area contributed by atoms with Crippen molar-refractivity contribution in [3.8, 4) is 0 Å². The summed E-state index contributed by atoms with van der Waals surface area (Å²) in [7, 11) is 0. The normalized spacial score (nSPS) is 31.6. The Balaban J connectivity index is 2.58. The van der Waals surface area contributed by atoms with Gasteiger partial charge in [-0.3, -0.25) is 0 Å². The fourth-order valence-corrected chi connectivity index (χ4v) is 6.41. The van der Waals surface area contributed by atoms with Gasteiger partial charge in [0.2, 0.25) is 0 Å². The Kier molecular flexibility index (Phi) is 1.83. The van der Waals surface area contributed by atoms with Crippen LogP contribution >= 0.6 is 0 Å². The van der Waals surface area contributed by atoms with E-state index in [1.54, 1.807) is 0 Å². The first-order chi connectivity index (χ1) is 3.91. The van der Waals surface area contributed by atoms with E-state index in [2.05, 4.69) is 27.7 Å². The first kappa shape index (κ1) is 7.83. The molecule has 1 heteroatoms. The topological polar surface area (TPSA) is 0 Å². The molecule has 0 atom stereocenters. The molecule has 1 heterocycles. The van der Waals surface area contributed by atoms with Crippen LogP contribution in [-0.4, -0.2) is 6.84 Å². The van der Waals surface area contributed by atoms with Crippen molar-refractivity contribution in [2.75, 3.05) is 0 Å². The van der Waals surface area contributed by atoms with Crippen molar-refractivity contribution >= 4 is 0 Å². The Morgan fingerprint density at radius 1 is 0.889 bits per heavy atom. The molecule has 1 aliphatic rings. The average Bonchev–Trinajstić information content (AvgIpc) is 1.78. The quantitative estimate of drug-likeness (QED) is 0.392. The zero-order valence-electron chi connectivity index (χ0n) is 6.79. The van der Waals surface area contributed by atoms with E-state index in [1.807, 2.05) is 0 Å². The predicted molar refractivity (Wildman–Crippen MR) is 37.4 cm³/mol. The van der Waals surface area contributed by atoms with E-state index in [4.69, 9.17) is 0 Å². The molecule has 0 aliphatic carbocycles. The number of halogens is 1. The molecule has 0 aromatic heterocycles. The standard InChI is InChI=1S/C8H16I/c1-7(2)5-6-8(3,4)9-7/h5-6H2,1-4H3/q-1. The van der Waals surface area contributed by atoms with Gasteiger partial charge in [0.25, 0.3) is 0 Å². The summed E-state index contributed by atoms with van der Waals surface area (Å²) in [6.07, 6.45) is 2.93. The van der Waals surface area contributed by atoms with Crippen LogP contribution in [0.5, 0.6) is 0 Å². The maximum atomic E-state index is 2.43. The molecule has 0 nitrogen and oxygen atoms in total. The zero-order chi connectivity index (χ0) is 7.12. The molecule has 1 fully saturated rings. The van der Waals surface area contributed by atoms with E-state index in [0.29, 0.717) is 21.2 Å².